The molecule has 0 amide bonds. The Kier molecular flexibility index (Phi) is 4.73. The first kappa shape index (κ1) is 16.7. The van der Waals surface area contributed by atoms with Gasteiger partial charge in [0.1, 0.15) is 17.3 Å². The van der Waals surface area contributed by atoms with Crippen LogP contribution in [0.25, 0.3) is 11.0 Å². The van der Waals surface area contributed by atoms with Crippen LogP contribution in [0.4, 0.5) is 0 Å². The molecule has 1 N–H and O–H groups in total. The van der Waals surface area contributed by atoms with E-state index < -0.39 is 11.2 Å². The van der Waals surface area contributed by atoms with Crippen molar-refractivity contribution in [2.75, 3.05) is 27.0 Å². The number of fused-ring (bicyclic) bond motifs is 1. The average Bonchev–Trinajstić information content (AvgIpc) is 3.01. The van der Waals surface area contributed by atoms with Crippen LogP contribution in [0.3, 0.4) is 0 Å². The topological polar surface area (TPSA) is 73.4 Å². The molecule has 2 atom stereocenters. The Morgan fingerprint density at radius 2 is 2.12 bits per heavy atom. The van der Waals surface area contributed by atoms with Crippen molar-refractivity contribution in [3.8, 4) is 5.75 Å². The lowest BCUT2D eigenvalue weighted by molar-refractivity contribution is 0.277. The molecule has 2 aromatic rings. The number of nitrogens with zero attached hydrogens (tertiary/aromatic N) is 2. The van der Waals surface area contributed by atoms with Crippen LogP contribution >= 0.6 is 0 Å². The second-order valence-electron chi connectivity index (χ2n) is 5.69. The van der Waals surface area contributed by atoms with Crippen molar-refractivity contribution in [1.82, 2.24) is 14.9 Å². The summed E-state index contributed by atoms with van der Waals surface area (Å²) in [6, 6.07) is 5.57. The van der Waals surface area contributed by atoms with Gasteiger partial charge < -0.3 is 18.9 Å². The summed E-state index contributed by atoms with van der Waals surface area (Å²) in [7, 11) is 5.23. The molecule has 0 saturated heterocycles. The third kappa shape index (κ3) is 3.09. The van der Waals surface area contributed by atoms with E-state index in [0.29, 0.717) is 10.9 Å². The maximum Gasteiger partial charge on any atom is 0.321 e. The minimum Gasteiger partial charge on any atom is -0.609 e. The number of methoxy groups -OCH3 is 2. The second kappa shape index (κ2) is 6.78. The van der Waals surface area contributed by atoms with E-state index >= 15 is 0 Å². The molecule has 0 bridgehead atoms. The Bertz CT molecular complexity index is 799. The zero-order valence-corrected chi connectivity index (χ0v) is 15.0. The van der Waals surface area contributed by atoms with Gasteiger partial charge >= 0.3 is 5.16 Å². The average molecular weight is 347 g/mol. The second-order valence-corrected chi connectivity index (χ2v) is 7.10. The molecule has 1 aromatic heterocycles. The Balaban J connectivity index is 1.83. The molecular weight excluding hydrogens is 326 g/mol. The van der Waals surface area contributed by atoms with Crippen molar-refractivity contribution >= 4 is 22.2 Å². The van der Waals surface area contributed by atoms with Crippen molar-refractivity contribution in [2.24, 2.45) is 0 Å². The number of H-pyrrole nitrogens is 1. The molecule has 2 heterocycles. The van der Waals surface area contributed by atoms with Crippen LogP contribution in [-0.4, -0.2) is 52.5 Å². The first-order valence-electron chi connectivity index (χ1n) is 7.60. The van der Waals surface area contributed by atoms with Gasteiger partial charge in [0.15, 0.2) is 0 Å². The summed E-state index contributed by atoms with van der Waals surface area (Å²) in [5.41, 5.74) is 2.66. The van der Waals surface area contributed by atoms with Crippen LogP contribution in [0, 0.1) is 0 Å². The number of ether oxygens (including phenoxy) is 2. The summed E-state index contributed by atoms with van der Waals surface area (Å²) in [4.78, 5) is 9.64. The first-order chi connectivity index (χ1) is 11.5. The maximum atomic E-state index is 12.8. The summed E-state index contributed by atoms with van der Waals surface area (Å²) in [5.74, 6) is 1.99. The van der Waals surface area contributed by atoms with Gasteiger partial charge in [-0.2, -0.15) is 4.98 Å². The Morgan fingerprint density at radius 1 is 1.33 bits per heavy atom. The number of aromatic nitrogens is 2. The Morgan fingerprint density at radius 3 is 2.83 bits per heavy atom. The summed E-state index contributed by atoms with van der Waals surface area (Å²) < 4.78 is 23.4. The first-order valence-corrected chi connectivity index (χ1v) is 8.92. The largest absolute Gasteiger partial charge is 0.609 e. The molecule has 7 heteroatoms. The van der Waals surface area contributed by atoms with Gasteiger partial charge in [-0.25, -0.2) is 0 Å². The van der Waals surface area contributed by atoms with E-state index in [9.17, 15) is 4.55 Å². The fourth-order valence-corrected chi connectivity index (χ4v) is 4.13. The summed E-state index contributed by atoms with van der Waals surface area (Å²) in [5, 5.41) is 0.480. The van der Waals surface area contributed by atoms with Crippen molar-refractivity contribution in [2.45, 2.75) is 18.1 Å². The molecule has 0 spiro atoms. The van der Waals surface area contributed by atoms with Crippen molar-refractivity contribution < 1.29 is 14.0 Å². The lowest BCUT2D eigenvalue weighted by atomic mass is 10.1. The highest BCUT2D eigenvalue weighted by molar-refractivity contribution is 7.91. The molecule has 1 aliphatic rings. The van der Waals surface area contributed by atoms with Crippen molar-refractivity contribution in [3.05, 3.63) is 41.8 Å². The number of likely N-dealkylation sites (N-methyl/N-ethyl adjacent to an activating group) is 1. The van der Waals surface area contributed by atoms with E-state index in [-0.39, 0.29) is 6.04 Å². The molecule has 2 unspecified atom stereocenters. The number of hydrogen-bond acceptors (Lipinski definition) is 5. The van der Waals surface area contributed by atoms with Gasteiger partial charge in [-0.05, 0) is 30.7 Å². The van der Waals surface area contributed by atoms with E-state index in [4.69, 9.17) is 9.47 Å². The molecule has 0 radical (unpaired) electrons. The minimum absolute atomic E-state index is 0.00790. The molecule has 24 heavy (non-hydrogen) atoms. The summed E-state index contributed by atoms with van der Waals surface area (Å²) >= 11 is -1.25. The number of nitrogens with one attached hydrogen (secondary N) is 1. The van der Waals surface area contributed by atoms with Gasteiger partial charge in [0, 0.05) is 30.5 Å². The van der Waals surface area contributed by atoms with E-state index in [2.05, 4.69) is 9.97 Å². The van der Waals surface area contributed by atoms with Gasteiger partial charge in [-0.3, -0.25) is 4.98 Å². The number of benzene rings is 1. The summed E-state index contributed by atoms with van der Waals surface area (Å²) in [6.07, 6.45) is 3.86. The number of allylic oxidation sites excluding steroid dienone is 1. The van der Waals surface area contributed by atoms with E-state index in [0.717, 1.165) is 28.1 Å². The monoisotopic (exact) mass is 347 g/mol. The zero-order chi connectivity index (χ0) is 17.3. The van der Waals surface area contributed by atoms with Crippen LogP contribution in [0.2, 0.25) is 0 Å². The fourth-order valence-electron chi connectivity index (χ4n) is 2.78. The quantitative estimate of drug-likeness (QED) is 0.841. The molecule has 0 aliphatic carbocycles. The molecule has 1 aromatic carbocycles. The molecule has 3 rings (SSSR count). The van der Waals surface area contributed by atoms with Gasteiger partial charge in [-0.15, -0.1) is 0 Å². The van der Waals surface area contributed by atoms with Gasteiger partial charge in [0.25, 0.3) is 0 Å². The molecule has 0 fully saturated rings. The van der Waals surface area contributed by atoms with Crippen LogP contribution in [0.1, 0.15) is 6.92 Å². The molecule has 1 aliphatic heterocycles. The highest BCUT2D eigenvalue weighted by Gasteiger charge is 2.29. The van der Waals surface area contributed by atoms with Crippen molar-refractivity contribution in [3.63, 3.8) is 0 Å². The minimum atomic E-state index is -1.25. The summed E-state index contributed by atoms with van der Waals surface area (Å²) in [6.45, 7) is 2.00. The normalized spacial score (nSPS) is 19.0. The predicted octanol–water partition coefficient (Wildman–Crippen LogP) is 2.43. The third-order valence-corrected chi connectivity index (χ3v) is 5.50. The number of rotatable bonds is 5. The van der Waals surface area contributed by atoms with E-state index in [1.54, 1.807) is 14.2 Å². The van der Waals surface area contributed by atoms with Crippen molar-refractivity contribution in [1.29, 1.82) is 0 Å². The Labute approximate surface area is 144 Å². The lowest BCUT2D eigenvalue weighted by Gasteiger charge is -2.31. The SMILES string of the molecule is COC1=C(C)C(C[S+]([O-])c2nc3cc(OC)ccc3[nH]2)N(C)C=C1. The van der Waals surface area contributed by atoms with Gasteiger partial charge in [-0.1, -0.05) is 0 Å². The van der Waals surface area contributed by atoms with Crippen LogP contribution < -0.4 is 4.74 Å². The van der Waals surface area contributed by atoms with Crippen LogP contribution in [0.15, 0.2) is 47.0 Å². The lowest BCUT2D eigenvalue weighted by Crippen LogP contribution is -2.37. The van der Waals surface area contributed by atoms with E-state index in [1.165, 1.54) is 0 Å². The zero-order valence-electron chi connectivity index (χ0n) is 14.2. The Hall–Kier alpha value is -2.12. The molecule has 6 nitrogen and oxygen atoms in total. The van der Waals surface area contributed by atoms with Crippen LogP contribution in [-0.2, 0) is 15.9 Å². The fraction of sp³-hybridized carbons (Fsp3) is 0.353. The predicted molar refractivity (Wildman–Crippen MR) is 94.3 cm³/mol. The third-order valence-electron chi connectivity index (χ3n) is 4.25. The van der Waals surface area contributed by atoms with Gasteiger partial charge in [0.05, 0.1) is 31.3 Å². The maximum absolute atomic E-state index is 12.8. The number of imidazole rings is 1. The van der Waals surface area contributed by atoms with Crippen LogP contribution in [0.5, 0.6) is 5.75 Å². The van der Waals surface area contributed by atoms with E-state index in [1.807, 2.05) is 49.3 Å². The highest BCUT2D eigenvalue weighted by atomic mass is 32.2. The molecule has 128 valence electrons. The smallest absolute Gasteiger partial charge is 0.321 e. The highest BCUT2D eigenvalue weighted by Crippen LogP contribution is 2.25. The number of aromatic amines is 1. The van der Waals surface area contributed by atoms with Gasteiger partial charge in [0.2, 0.25) is 0 Å². The number of hydrogen-bond donors (Lipinski definition) is 1. The molecular formula is C17H21N3O3S. The standard InChI is InChI=1S/C17H21N3O3S/c1-11-15(20(2)8-7-16(11)23-4)10-24(21)17-18-13-6-5-12(22-3)9-14(13)19-17/h5-9,15H,10H2,1-4H3,(H,18,19). The molecule has 0 saturated carbocycles.